The third kappa shape index (κ3) is 8.08. The molecule has 1 aromatic carbocycles. The number of fused-ring (bicyclic) bond motifs is 4. The van der Waals surface area contributed by atoms with Gasteiger partial charge in [-0.2, -0.15) is 15.2 Å². The molecule has 0 aliphatic carbocycles. The van der Waals surface area contributed by atoms with Crippen molar-refractivity contribution in [1.82, 2.24) is 25.3 Å². The van der Waals surface area contributed by atoms with Gasteiger partial charge in [-0.3, -0.25) is 0 Å². The third-order valence-electron chi connectivity index (χ3n) is 6.99. The Morgan fingerprint density at radius 3 is 2.57 bits per heavy atom. The summed E-state index contributed by atoms with van der Waals surface area (Å²) >= 11 is 4.85. The highest BCUT2D eigenvalue weighted by Gasteiger charge is 2.21. The lowest BCUT2D eigenvalue weighted by molar-refractivity contribution is -0.149. The summed E-state index contributed by atoms with van der Waals surface area (Å²) in [5.74, 6) is -0.234. The minimum atomic E-state index is -0.681. The zero-order valence-electron chi connectivity index (χ0n) is 27.0. The van der Waals surface area contributed by atoms with Crippen molar-refractivity contribution in [2.75, 3.05) is 30.8 Å². The maximum Gasteiger partial charge on any atom is 0.407 e. The van der Waals surface area contributed by atoms with Gasteiger partial charge in [0.2, 0.25) is 11.8 Å². The van der Waals surface area contributed by atoms with E-state index in [0.29, 0.717) is 30.1 Å². The van der Waals surface area contributed by atoms with Crippen LogP contribution in [0.2, 0.25) is 0 Å². The standard InChI is InChI=1S/C33H32N8O5S3/c1-33(2,3)46-30(42)20(14-34)11-21-12-22-26(47-21)27-23(48-22)13-24(49-27)41(4)9-10-44-32(43)36-15-18-5-7-19(8-6-18)16-45-29-25-28(38-17-37-25)39-31(35)40-29/h5-8,11-13,17H,9-10,15-16H2,1-4H3,(H,36,43)(H3,35,37,38,39,40)/b20-11+. The predicted molar refractivity (Wildman–Crippen MR) is 193 cm³/mol. The maximum atomic E-state index is 12.4. The van der Waals surface area contributed by atoms with E-state index < -0.39 is 17.7 Å². The maximum absolute atomic E-state index is 12.4. The Morgan fingerprint density at radius 1 is 1.08 bits per heavy atom. The lowest BCUT2D eigenvalue weighted by Crippen LogP contribution is -2.28. The number of nitriles is 1. The lowest BCUT2D eigenvalue weighted by Gasteiger charge is -2.18. The topological polar surface area (TPSA) is 181 Å². The fourth-order valence-corrected chi connectivity index (χ4v) is 8.61. The van der Waals surface area contributed by atoms with Gasteiger partial charge in [0, 0.05) is 27.9 Å². The van der Waals surface area contributed by atoms with Crippen molar-refractivity contribution in [3.05, 3.63) is 64.3 Å². The summed E-state index contributed by atoms with van der Waals surface area (Å²) in [7, 11) is 1.96. The molecule has 1 amide bonds. The Hall–Kier alpha value is -5.24. The van der Waals surface area contributed by atoms with E-state index in [9.17, 15) is 14.9 Å². The molecule has 0 fully saturated rings. The number of aromatic nitrogens is 4. The number of alkyl carbamates (subject to hydrolysis) is 1. The molecular formula is C33H32N8O5S3. The summed E-state index contributed by atoms with van der Waals surface area (Å²) in [5, 5.41) is 13.4. The molecular weight excluding hydrogens is 685 g/mol. The number of nitrogens with one attached hydrogen (secondary N) is 2. The molecule has 5 aromatic heterocycles. The average Bonchev–Trinajstić information content (AvgIpc) is 3.83. The summed E-state index contributed by atoms with van der Waals surface area (Å²) in [6, 6.07) is 13.7. The van der Waals surface area contributed by atoms with Crippen molar-refractivity contribution in [3.63, 3.8) is 0 Å². The van der Waals surface area contributed by atoms with Crippen molar-refractivity contribution < 1.29 is 23.8 Å². The van der Waals surface area contributed by atoms with Gasteiger partial charge in [-0.15, -0.1) is 34.0 Å². The normalized spacial score (nSPS) is 11.9. The number of benzene rings is 1. The van der Waals surface area contributed by atoms with Crippen LogP contribution in [0.4, 0.5) is 15.7 Å². The van der Waals surface area contributed by atoms with E-state index in [2.05, 4.69) is 36.2 Å². The molecule has 0 saturated heterocycles. The van der Waals surface area contributed by atoms with Gasteiger partial charge in [0.1, 0.15) is 30.5 Å². The van der Waals surface area contributed by atoms with Crippen LogP contribution >= 0.6 is 34.0 Å². The van der Waals surface area contributed by atoms with Crippen LogP contribution in [-0.2, 0) is 27.4 Å². The Kier molecular flexibility index (Phi) is 9.67. The van der Waals surface area contributed by atoms with Crippen LogP contribution < -0.4 is 20.7 Å². The molecule has 5 heterocycles. The van der Waals surface area contributed by atoms with Crippen molar-refractivity contribution in [2.45, 2.75) is 39.5 Å². The van der Waals surface area contributed by atoms with Gasteiger partial charge in [-0.05, 0) is 50.1 Å². The predicted octanol–water partition coefficient (Wildman–Crippen LogP) is 6.62. The zero-order chi connectivity index (χ0) is 34.7. The fraction of sp³-hybridized carbons (Fsp3) is 0.273. The van der Waals surface area contributed by atoms with Gasteiger partial charge in [0.15, 0.2) is 11.2 Å². The number of nitrogens with zero attached hydrogens (tertiary/aromatic N) is 5. The molecule has 4 N–H and O–H groups in total. The Balaban J connectivity index is 0.968. The van der Waals surface area contributed by atoms with Crippen LogP contribution in [0.3, 0.4) is 0 Å². The van der Waals surface area contributed by atoms with Crippen LogP contribution in [-0.4, -0.2) is 57.8 Å². The summed E-state index contributed by atoms with van der Waals surface area (Å²) in [6.45, 7) is 6.61. The summed E-state index contributed by atoms with van der Waals surface area (Å²) in [5.41, 5.74) is 7.87. The molecule has 0 saturated carbocycles. The number of nitrogens with two attached hydrogens (primary N) is 1. The number of esters is 1. The number of anilines is 2. The second-order valence-corrected chi connectivity index (χ2v) is 15.1. The quantitative estimate of drug-likeness (QED) is 0.0745. The van der Waals surface area contributed by atoms with Gasteiger partial charge in [0.05, 0.1) is 27.3 Å². The van der Waals surface area contributed by atoms with E-state index in [0.717, 1.165) is 39.8 Å². The monoisotopic (exact) mass is 716 g/mol. The van der Waals surface area contributed by atoms with E-state index in [1.54, 1.807) is 49.5 Å². The Labute approximate surface area is 293 Å². The first kappa shape index (κ1) is 33.7. The number of carbonyl (C=O) groups is 2. The Bertz CT molecular complexity index is 2220. The number of amides is 1. The number of aromatic amines is 1. The van der Waals surface area contributed by atoms with Crippen LogP contribution in [0.25, 0.3) is 36.0 Å². The van der Waals surface area contributed by atoms with Gasteiger partial charge < -0.3 is 35.1 Å². The first-order valence-corrected chi connectivity index (χ1v) is 17.5. The van der Waals surface area contributed by atoms with E-state index in [-0.39, 0.29) is 24.7 Å². The molecule has 0 aliphatic rings. The fourth-order valence-electron chi connectivity index (χ4n) is 4.65. The molecule has 13 nitrogen and oxygen atoms in total. The molecule has 252 valence electrons. The van der Waals surface area contributed by atoms with Crippen LogP contribution in [0, 0.1) is 11.3 Å². The number of carbonyl (C=O) groups excluding carboxylic acids is 2. The minimum Gasteiger partial charge on any atom is -0.471 e. The van der Waals surface area contributed by atoms with E-state index in [1.807, 2.05) is 43.4 Å². The molecule has 0 unspecified atom stereocenters. The number of hydrogen-bond acceptors (Lipinski definition) is 14. The number of imidazole rings is 1. The molecule has 6 aromatic rings. The molecule has 0 atom stereocenters. The minimum absolute atomic E-state index is 0.0298. The molecule has 0 bridgehead atoms. The van der Waals surface area contributed by atoms with Crippen molar-refractivity contribution in [1.29, 1.82) is 5.26 Å². The first-order valence-electron chi connectivity index (χ1n) is 15.1. The lowest BCUT2D eigenvalue weighted by atomic mass is 10.1. The number of nitrogen functional groups attached to an aromatic ring is 1. The highest BCUT2D eigenvalue weighted by Crippen LogP contribution is 2.46. The second-order valence-electron chi connectivity index (χ2n) is 11.9. The summed E-state index contributed by atoms with van der Waals surface area (Å²) in [4.78, 5) is 42.9. The van der Waals surface area contributed by atoms with Gasteiger partial charge in [-0.25, -0.2) is 14.6 Å². The largest absolute Gasteiger partial charge is 0.471 e. The average molecular weight is 717 g/mol. The third-order valence-corrected chi connectivity index (χ3v) is 10.8. The smallest absolute Gasteiger partial charge is 0.407 e. The van der Waals surface area contributed by atoms with Crippen molar-refractivity contribution in [3.8, 4) is 11.9 Å². The van der Waals surface area contributed by atoms with Crippen LogP contribution in [0.1, 0.15) is 36.8 Å². The number of rotatable bonds is 11. The number of ether oxygens (including phenoxy) is 3. The number of likely N-dealkylation sites (N-methyl/N-ethyl adjacent to an activating group) is 1. The number of H-pyrrole nitrogens is 1. The molecule has 16 heteroatoms. The summed E-state index contributed by atoms with van der Waals surface area (Å²) in [6.07, 6.45) is 2.59. The highest BCUT2D eigenvalue weighted by atomic mass is 32.1. The van der Waals surface area contributed by atoms with Crippen molar-refractivity contribution >= 4 is 93.1 Å². The molecule has 6 rings (SSSR count). The molecule has 0 spiro atoms. The van der Waals surface area contributed by atoms with E-state index >= 15 is 0 Å². The SMILES string of the molecule is CN(CCOC(=O)NCc1ccc(COc2nc(N)nc3[nH]cnc23)cc1)c1cc2sc3cc(/C=C(\C#N)C(=O)OC(C)(C)C)sc3c2s1. The zero-order valence-corrected chi connectivity index (χ0v) is 29.5. The first-order chi connectivity index (χ1) is 23.5. The van der Waals surface area contributed by atoms with Gasteiger partial charge in [0.25, 0.3) is 0 Å². The molecule has 0 aliphatic heterocycles. The van der Waals surface area contributed by atoms with Gasteiger partial charge in [-0.1, -0.05) is 24.3 Å². The summed E-state index contributed by atoms with van der Waals surface area (Å²) < 4.78 is 21.1. The van der Waals surface area contributed by atoms with Crippen LogP contribution in [0.5, 0.6) is 5.88 Å². The van der Waals surface area contributed by atoms with Crippen LogP contribution in [0.15, 0.2) is 48.3 Å². The van der Waals surface area contributed by atoms with E-state index in [1.165, 1.54) is 17.7 Å². The Morgan fingerprint density at radius 2 is 1.82 bits per heavy atom. The highest BCUT2D eigenvalue weighted by molar-refractivity contribution is 7.39. The number of hydrogen-bond donors (Lipinski definition) is 3. The van der Waals surface area contributed by atoms with Gasteiger partial charge >= 0.3 is 12.1 Å². The molecule has 49 heavy (non-hydrogen) atoms. The van der Waals surface area contributed by atoms with E-state index in [4.69, 9.17) is 19.9 Å². The molecule has 0 radical (unpaired) electrons. The second kappa shape index (κ2) is 14.1. The van der Waals surface area contributed by atoms with Crippen molar-refractivity contribution in [2.24, 2.45) is 0 Å². The number of thiophene rings is 3.